The van der Waals surface area contributed by atoms with Crippen molar-refractivity contribution < 1.29 is 28.6 Å². The lowest BCUT2D eigenvalue weighted by Gasteiger charge is -2.18. The molecule has 0 rings (SSSR count). The fraction of sp³-hybridized carbons (Fsp3) is 0.805. The van der Waals surface area contributed by atoms with Crippen LogP contribution in [-0.4, -0.2) is 37.2 Å². The van der Waals surface area contributed by atoms with Crippen LogP contribution in [0.2, 0.25) is 0 Å². The molecule has 0 radical (unpaired) electrons. The van der Waals surface area contributed by atoms with Gasteiger partial charge in [-0.1, -0.05) is 318 Å². The number of hydrogen-bond acceptors (Lipinski definition) is 6. The molecule has 0 spiro atoms. The van der Waals surface area contributed by atoms with Gasteiger partial charge in [0.05, 0.1) is 0 Å². The topological polar surface area (TPSA) is 78.9 Å². The van der Waals surface area contributed by atoms with E-state index in [-0.39, 0.29) is 31.1 Å². The SMILES string of the molecule is CCCCCC/C=C\C/C=C\CCCCCCCC(=O)OCC(COC(=O)CCCCCCCCCCCCCCCCCCCCCCC/C=C\C/C=C\CCCCCCC)OC(=O)CCCCCCC/C=C\C/C=C\CCCCCC. The van der Waals surface area contributed by atoms with E-state index in [0.29, 0.717) is 19.3 Å². The standard InChI is InChI=1S/C77H138O6/c1-4-7-10-13-16-19-22-25-28-31-32-33-34-35-36-37-38-39-40-41-42-43-44-45-46-47-50-52-55-58-61-64-67-70-76(79)82-73-74(83-77(80)71-68-65-62-59-56-53-49-30-27-24-21-18-15-12-9-6-3)72-81-75(78)69-66-63-60-57-54-51-48-29-26-23-20-17-14-11-8-5-2/h20-25,29-32,48-49,74H,4-19,26-28,33-47,50-73H2,1-3H3/b23-20-,24-21-,25-22-,32-31-,48-29-,49-30-. The second-order valence-corrected chi connectivity index (χ2v) is 24.5. The molecular weight excluding hydrogens is 1020 g/mol. The van der Waals surface area contributed by atoms with Gasteiger partial charge in [0, 0.05) is 19.3 Å². The zero-order chi connectivity index (χ0) is 59.9. The highest BCUT2D eigenvalue weighted by Crippen LogP contribution is 2.18. The third-order valence-electron chi connectivity index (χ3n) is 16.2. The molecule has 0 aromatic carbocycles. The molecule has 0 saturated heterocycles. The summed E-state index contributed by atoms with van der Waals surface area (Å²) in [5, 5.41) is 0. The molecule has 0 heterocycles. The van der Waals surface area contributed by atoms with Crippen LogP contribution in [-0.2, 0) is 28.6 Å². The van der Waals surface area contributed by atoms with Crippen LogP contribution in [0.1, 0.15) is 380 Å². The van der Waals surface area contributed by atoms with Gasteiger partial charge in [0.1, 0.15) is 13.2 Å². The van der Waals surface area contributed by atoms with Crippen molar-refractivity contribution in [3.8, 4) is 0 Å². The second-order valence-electron chi connectivity index (χ2n) is 24.5. The molecule has 1 unspecified atom stereocenters. The van der Waals surface area contributed by atoms with Crippen LogP contribution < -0.4 is 0 Å². The summed E-state index contributed by atoms with van der Waals surface area (Å²) in [7, 11) is 0. The number of hydrogen-bond donors (Lipinski definition) is 0. The normalized spacial score (nSPS) is 12.5. The van der Waals surface area contributed by atoms with E-state index in [1.807, 2.05) is 0 Å². The van der Waals surface area contributed by atoms with Crippen molar-refractivity contribution in [2.24, 2.45) is 0 Å². The van der Waals surface area contributed by atoms with E-state index in [2.05, 4.69) is 93.7 Å². The fourth-order valence-electron chi connectivity index (χ4n) is 10.7. The Morgan fingerprint density at radius 1 is 0.241 bits per heavy atom. The Labute approximate surface area is 516 Å². The summed E-state index contributed by atoms with van der Waals surface area (Å²) < 4.78 is 17.0. The lowest BCUT2D eigenvalue weighted by Crippen LogP contribution is -2.30. The maximum atomic E-state index is 12.9. The largest absolute Gasteiger partial charge is 0.462 e. The first kappa shape index (κ1) is 79.8. The lowest BCUT2D eigenvalue weighted by molar-refractivity contribution is -0.167. The van der Waals surface area contributed by atoms with Crippen LogP contribution in [0.5, 0.6) is 0 Å². The number of unbranched alkanes of at least 4 members (excludes halogenated alkanes) is 44. The van der Waals surface area contributed by atoms with E-state index in [1.54, 1.807) is 0 Å². The number of ether oxygens (including phenoxy) is 3. The van der Waals surface area contributed by atoms with Crippen molar-refractivity contribution in [2.45, 2.75) is 386 Å². The Kier molecular flexibility index (Phi) is 68.6. The summed E-state index contributed by atoms with van der Waals surface area (Å²) in [5.41, 5.74) is 0. The molecule has 0 fully saturated rings. The molecular formula is C77H138O6. The fourth-order valence-corrected chi connectivity index (χ4v) is 10.7. The highest BCUT2D eigenvalue weighted by Gasteiger charge is 2.19. The summed E-state index contributed by atoms with van der Waals surface area (Å²) >= 11 is 0. The molecule has 0 amide bonds. The Morgan fingerprint density at radius 2 is 0.434 bits per heavy atom. The first-order chi connectivity index (χ1) is 41.0. The van der Waals surface area contributed by atoms with E-state index in [0.717, 1.165) is 109 Å². The summed E-state index contributed by atoms with van der Waals surface area (Å²) in [6, 6.07) is 0. The first-order valence-electron chi connectivity index (χ1n) is 36.4. The van der Waals surface area contributed by atoms with E-state index in [1.165, 1.54) is 231 Å². The van der Waals surface area contributed by atoms with Gasteiger partial charge in [-0.3, -0.25) is 14.4 Å². The second kappa shape index (κ2) is 71.3. The Bertz CT molecular complexity index is 1520. The average molecular weight is 1160 g/mol. The summed E-state index contributed by atoms with van der Waals surface area (Å²) in [6.07, 6.45) is 93.7. The summed E-state index contributed by atoms with van der Waals surface area (Å²) in [4.78, 5) is 38.4. The van der Waals surface area contributed by atoms with Crippen LogP contribution in [0.3, 0.4) is 0 Å². The maximum Gasteiger partial charge on any atom is 0.306 e. The summed E-state index contributed by atoms with van der Waals surface area (Å²) in [6.45, 7) is 6.62. The van der Waals surface area contributed by atoms with Gasteiger partial charge in [0.2, 0.25) is 0 Å². The van der Waals surface area contributed by atoms with Crippen LogP contribution >= 0.6 is 0 Å². The predicted molar refractivity (Wildman–Crippen MR) is 362 cm³/mol. The predicted octanol–water partition coefficient (Wildman–Crippen LogP) is 25.2. The van der Waals surface area contributed by atoms with Crippen molar-refractivity contribution in [3.05, 3.63) is 72.9 Å². The highest BCUT2D eigenvalue weighted by atomic mass is 16.6. The van der Waals surface area contributed by atoms with Crippen LogP contribution in [0.25, 0.3) is 0 Å². The molecule has 0 aromatic rings. The molecule has 0 saturated carbocycles. The van der Waals surface area contributed by atoms with E-state index in [9.17, 15) is 14.4 Å². The molecule has 6 nitrogen and oxygen atoms in total. The van der Waals surface area contributed by atoms with Crippen molar-refractivity contribution in [3.63, 3.8) is 0 Å². The third-order valence-corrected chi connectivity index (χ3v) is 16.2. The van der Waals surface area contributed by atoms with Crippen molar-refractivity contribution in [1.29, 1.82) is 0 Å². The Balaban J connectivity index is 4.18. The van der Waals surface area contributed by atoms with E-state index >= 15 is 0 Å². The molecule has 482 valence electrons. The molecule has 83 heavy (non-hydrogen) atoms. The minimum atomic E-state index is -0.789. The molecule has 6 heteroatoms. The molecule has 0 N–H and O–H groups in total. The van der Waals surface area contributed by atoms with Gasteiger partial charge in [-0.2, -0.15) is 0 Å². The molecule has 0 bridgehead atoms. The van der Waals surface area contributed by atoms with Crippen molar-refractivity contribution in [1.82, 2.24) is 0 Å². The number of esters is 3. The van der Waals surface area contributed by atoms with Gasteiger partial charge in [0.15, 0.2) is 6.10 Å². The van der Waals surface area contributed by atoms with Crippen molar-refractivity contribution >= 4 is 17.9 Å². The zero-order valence-electron chi connectivity index (χ0n) is 55.5. The third kappa shape index (κ3) is 69.5. The lowest BCUT2D eigenvalue weighted by atomic mass is 10.0. The van der Waals surface area contributed by atoms with Crippen LogP contribution in [0.15, 0.2) is 72.9 Å². The molecule has 0 aromatic heterocycles. The van der Waals surface area contributed by atoms with E-state index in [4.69, 9.17) is 14.2 Å². The highest BCUT2D eigenvalue weighted by molar-refractivity contribution is 5.71. The Hall–Kier alpha value is -3.15. The van der Waals surface area contributed by atoms with Gasteiger partial charge >= 0.3 is 17.9 Å². The number of carbonyl (C=O) groups excluding carboxylic acids is 3. The van der Waals surface area contributed by atoms with Crippen LogP contribution in [0.4, 0.5) is 0 Å². The zero-order valence-corrected chi connectivity index (χ0v) is 55.5. The number of carbonyl (C=O) groups is 3. The first-order valence-corrected chi connectivity index (χ1v) is 36.4. The monoisotopic (exact) mass is 1160 g/mol. The maximum absolute atomic E-state index is 12.9. The van der Waals surface area contributed by atoms with E-state index < -0.39 is 6.10 Å². The summed E-state index contributed by atoms with van der Waals surface area (Å²) in [5.74, 6) is -0.890. The smallest absolute Gasteiger partial charge is 0.306 e. The number of allylic oxidation sites excluding steroid dienone is 12. The minimum Gasteiger partial charge on any atom is -0.462 e. The quantitative estimate of drug-likeness (QED) is 0.0261. The van der Waals surface area contributed by atoms with Gasteiger partial charge < -0.3 is 14.2 Å². The van der Waals surface area contributed by atoms with Crippen LogP contribution in [0, 0.1) is 0 Å². The molecule has 0 aliphatic carbocycles. The van der Waals surface area contributed by atoms with Gasteiger partial charge in [-0.05, 0) is 116 Å². The Morgan fingerprint density at radius 3 is 0.675 bits per heavy atom. The molecule has 1 atom stereocenters. The van der Waals surface area contributed by atoms with Gasteiger partial charge in [-0.25, -0.2) is 0 Å². The minimum absolute atomic E-state index is 0.0822. The molecule has 0 aliphatic heterocycles. The van der Waals surface area contributed by atoms with Gasteiger partial charge in [0.25, 0.3) is 0 Å². The van der Waals surface area contributed by atoms with Gasteiger partial charge in [-0.15, -0.1) is 0 Å². The average Bonchev–Trinajstić information content (AvgIpc) is 3.49. The molecule has 0 aliphatic rings. The number of rotatable bonds is 67. The van der Waals surface area contributed by atoms with Crippen molar-refractivity contribution in [2.75, 3.05) is 13.2 Å².